The van der Waals surface area contributed by atoms with Crippen LogP contribution in [0.1, 0.15) is 19.4 Å². The molecular weight excluding hydrogens is 308 g/mol. The van der Waals surface area contributed by atoms with Gasteiger partial charge in [0.2, 0.25) is 0 Å². The van der Waals surface area contributed by atoms with E-state index in [0.29, 0.717) is 6.61 Å². The van der Waals surface area contributed by atoms with Gasteiger partial charge in [0, 0.05) is 6.61 Å². The Kier molecular flexibility index (Phi) is 5.29. The molecule has 0 saturated heterocycles. The summed E-state index contributed by atoms with van der Waals surface area (Å²) in [6, 6.07) is 30.4. The zero-order valence-electron chi connectivity index (χ0n) is 14.4. The maximum absolute atomic E-state index is 6.60. The summed E-state index contributed by atoms with van der Waals surface area (Å²) in [6.07, 6.45) is 1.06. The molecule has 0 amide bonds. The van der Waals surface area contributed by atoms with E-state index in [1.807, 2.05) is 0 Å². The van der Waals surface area contributed by atoms with Gasteiger partial charge in [-0.3, -0.25) is 0 Å². The predicted molar refractivity (Wildman–Crippen MR) is 105 cm³/mol. The number of hydrogen-bond donors (Lipinski definition) is 0. The molecule has 0 spiro atoms. The van der Waals surface area contributed by atoms with Crippen LogP contribution in [-0.4, -0.2) is 14.9 Å². The average Bonchev–Trinajstić information content (AvgIpc) is 2.68. The first-order chi connectivity index (χ1) is 11.8. The van der Waals surface area contributed by atoms with E-state index in [9.17, 15) is 0 Å². The number of aryl methyl sites for hydroxylation is 1. The Hall–Kier alpha value is -2.16. The van der Waals surface area contributed by atoms with E-state index in [1.54, 1.807) is 0 Å². The Morgan fingerprint density at radius 2 is 1.08 bits per heavy atom. The Balaban J connectivity index is 2.25. The standard InChI is InChI=1S/C22H24OSi/c1-3-19-15-17-22(18-16-19)24(23-4-2,20-11-7-5-8-12-20)21-13-9-6-10-14-21/h5-18H,3-4H2,1-2H3. The third kappa shape index (κ3) is 3.08. The maximum atomic E-state index is 6.60. The van der Waals surface area contributed by atoms with Gasteiger partial charge in [-0.2, -0.15) is 0 Å². The van der Waals surface area contributed by atoms with Gasteiger partial charge in [0.05, 0.1) is 0 Å². The van der Waals surface area contributed by atoms with Gasteiger partial charge in [-0.25, -0.2) is 0 Å². The van der Waals surface area contributed by atoms with Crippen molar-refractivity contribution in [3.05, 3.63) is 90.5 Å². The van der Waals surface area contributed by atoms with Crippen molar-refractivity contribution < 1.29 is 4.43 Å². The van der Waals surface area contributed by atoms with Crippen LogP contribution in [-0.2, 0) is 10.8 Å². The van der Waals surface area contributed by atoms with Gasteiger partial charge in [-0.05, 0) is 34.5 Å². The van der Waals surface area contributed by atoms with Crippen LogP contribution in [0.15, 0.2) is 84.9 Å². The molecule has 3 aromatic carbocycles. The minimum Gasteiger partial charge on any atom is -0.405 e. The van der Waals surface area contributed by atoms with Crippen LogP contribution >= 0.6 is 0 Å². The number of rotatable bonds is 6. The second-order valence-corrected chi connectivity index (χ2v) is 9.28. The Morgan fingerprint density at radius 3 is 1.50 bits per heavy atom. The fourth-order valence-electron chi connectivity index (χ4n) is 3.29. The molecule has 0 aromatic heterocycles. The first-order valence-electron chi connectivity index (χ1n) is 8.65. The van der Waals surface area contributed by atoms with Crippen LogP contribution in [0.25, 0.3) is 0 Å². The number of hydrogen-bond acceptors (Lipinski definition) is 1. The van der Waals surface area contributed by atoms with Crippen molar-refractivity contribution in [2.75, 3.05) is 6.61 Å². The molecule has 0 radical (unpaired) electrons. The topological polar surface area (TPSA) is 9.23 Å². The molecule has 24 heavy (non-hydrogen) atoms. The fourth-order valence-corrected chi connectivity index (χ4v) is 7.18. The molecule has 0 unspecified atom stereocenters. The first-order valence-corrected chi connectivity index (χ1v) is 10.6. The first kappa shape index (κ1) is 16.7. The van der Waals surface area contributed by atoms with Gasteiger partial charge in [-0.1, -0.05) is 91.9 Å². The normalized spacial score (nSPS) is 11.4. The molecule has 0 aliphatic carbocycles. The molecule has 0 aliphatic rings. The van der Waals surface area contributed by atoms with E-state index in [0.717, 1.165) is 6.42 Å². The van der Waals surface area contributed by atoms with Gasteiger partial charge < -0.3 is 4.43 Å². The molecule has 122 valence electrons. The summed E-state index contributed by atoms with van der Waals surface area (Å²) in [4.78, 5) is 0. The van der Waals surface area contributed by atoms with Crippen molar-refractivity contribution in [3.63, 3.8) is 0 Å². The minimum atomic E-state index is -2.46. The minimum absolute atomic E-state index is 0.700. The highest BCUT2D eigenvalue weighted by molar-refractivity contribution is 7.07. The molecule has 3 rings (SSSR count). The molecule has 2 heteroatoms. The highest BCUT2D eigenvalue weighted by Crippen LogP contribution is 2.10. The Labute approximate surface area is 146 Å². The van der Waals surface area contributed by atoms with Crippen molar-refractivity contribution in [2.45, 2.75) is 20.3 Å². The summed E-state index contributed by atoms with van der Waals surface area (Å²) in [6.45, 7) is 4.98. The summed E-state index contributed by atoms with van der Waals surface area (Å²) in [7, 11) is -2.46. The highest BCUT2D eigenvalue weighted by Gasteiger charge is 2.41. The van der Waals surface area contributed by atoms with Crippen LogP contribution in [0.3, 0.4) is 0 Å². The highest BCUT2D eigenvalue weighted by atomic mass is 28.4. The zero-order valence-corrected chi connectivity index (χ0v) is 15.4. The lowest BCUT2D eigenvalue weighted by Crippen LogP contribution is -2.69. The van der Waals surface area contributed by atoms with E-state index in [2.05, 4.69) is 98.8 Å². The van der Waals surface area contributed by atoms with Crippen LogP contribution in [0, 0.1) is 0 Å². The monoisotopic (exact) mass is 332 g/mol. The van der Waals surface area contributed by atoms with Gasteiger partial charge in [0.25, 0.3) is 8.32 Å². The summed E-state index contributed by atoms with van der Waals surface area (Å²) in [5.41, 5.74) is 1.36. The maximum Gasteiger partial charge on any atom is 0.288 e. The summed E-state index contributed by atoms with van der Waals surface area (Å²) >= 11 is 0. The molecule has 3 aromatic rings. The van der Waals surface area contributed by atoms with Gasteiger partial charge in [-0.15, -0.1) is 0 Å². The lowest BCUT2D eigenvalue weighted by atomic mass is 10.2. The molecule has 0 heterocycles. The van der Waals surface area contributed by atoms with Crippen molar-refractivity contribution in [1.82, 2.24) is 0 Å². The lowest BCUT2D eigenvalue weighted by Gasteiger charge is -2.32. The molecule has 0 aliphatic heterocycles. The van der Waals surface area contributed by atoms with Crippen molar-refractivity contribution in [2.24, 2.45) is 0 Å². The molecule has 0 saturated carbocycles. The number of benzene rings is 3. The third-order valence-corrected chi connectivity index (χ3v) is 8.65. The van der Waals surface area contributed by atoms with Crippen LogP contribution in [0.2, 0.25) is 0 Å². The van der Waals surface area contributed by atoms with Crippen molar-refractivity contribution in [1.29, 1.82) is 0 Å². The Morgan fingerprint density at radius 1 is 0.625 bits per heavy atom. The molecule has 0 N–H and O–H groups in total. The van der Waals surface area contributed by atoms with Crippen LogP contribution in [0.4, 0.5) is 0 Å². The lowest BCUT2D eigenvalue weighted by molar-refractivity contribution is 0.347. The smallest absolute Gasteiger partial charge is 0.288 e. The SMILES string of the molecule is CCO[Si](c1ccccc1)(c1ccccc1)c1ccc(CC)cc1. The summed E-state index contributed by atoms with van der Waals surface area (Å²) < 4.78 is 6.60. The molecule has 0 atom stereocenters. The van der Waals surface area contributed by atoms with E-state index in [-0.39, 0.29) is 0 Å². The fraction of sp³-hybridized carbons (Fsp3) is 0.182. The van der Waals surface area contributed by atoms with E-state index >= 15 is 0 Å². The summed E-state index contributed by atoms with van der Waals surface area (Å²) in [5.74, 6) is 0. The Bertz CT molecular complexity index is 711. The molecular formula is C22H24OSi. The second-order valence-electron chi connectivity index (χ2n) is 5.90. The predicted octanol–water partition coefficient (Wildman–Crippen LogP) is 3.25. The molecule has 0 fully saturated rings. The molecule has 0 bridgehead atoms. The third-order valence-electron chi connectivity index (χ3n) is 4.49. The zero-order chi connectivity index (χ0) is 16.8. The summed E-state index contributed by atoms with van der Waals surface area (Å²) in [5, 5.41) is 3.89. The van der Waals surface area contributed by atoms with Gasteiger partial charge in [0.15, 0.2) is 0 Å². The van der Waals surface area contributed by atoms with E-state index < -0.39 is 8.32 Å². The van der Waals surface area contributed by atoms with Crippen molar-refractivity contribution in [3.8, 4) is 0 Å². The average molecular weight is 333 g/mol. The molecule has 1 nitrogen and oxygen atoms in total. The quantitative estimate of drug-likeness (QED) is 0.497. The van der Waals surface area contributed by atoms with Crippen LogP contribution in [0.5, 0.6) is 0 Å². The van der Waals surface area contributed by atoms with Crippen LogP contribution < -0.4 is 15.6 Å². The van der Waals surface area contributed by atoms with Crippen molar-refractivity contribution >= 4 is 23.9 Å². The second kappa shape index (κ2) is 7.60. The van der Waals surface area contributed by atoms with E-state index in [4.69, 9.17) is 4.43 Å². The largest absolute Gasteiger partial charge is 0.405 e. The van der Waals surface area contributed by atoms with Gasteiger partial charge >= 0.3 is 0 Å². The van der Waals surface area contributed by atoms with E-state index in [1.165, 1.54) is 21.1 Å². The van der Waals surface area contributed by atoms with Gasteiger partial charge in [0.1, 0.15) is 0 Å².